The summed E-state index contributed by atoms with van der Waals surface area (Å²) >= 11 is 0. The number of aliphatic carboxylic acids is 1. The van der Waals surface area contributed by atoms with E-state index in [0.29, 0.717) is 6.54 Å². The van der Waals surface area contributed by atoms with E-state index < -0.39 is 23.8 Å². The molecule has 6 nitrogen and oxygen atoms in total. The lowest BCUT2D eigenvalue weighted by atomic mass is 10.1. The molecule has 6 heteroatoms. The van der Waals surface area contributed by atoms with Crippen molar-refractivity contribution < 1.29 is 19.5 Å². The monoisotopic (exact) mass is 238 g/mol. The van der Waals surface area contributed by atoms with Gasteiger partial charge in [0, 0.05) is 26.4 Å². The van der Waals surface area contributed by atoms with E-state index in [4.69, 9.17) is 11.5 Å². The highest BCUT2D eigenvalue weighted by Crippen LogP contribution is 2.16. The van der Waals surface area contributed by atoms with Crippen molar-refractivity contribution in [3.8, 4) is 12.3 Å². The topological polar surface area (TPSA) is 86.7 Å². The number of carbonyl (C=O) groups excluding carboxylic acids is 2. The molecule has 17 heavy (non-hydrogen) atoms. The smallest absolute Gasteiger partial charge is 0.327 e. The van der Waals surface area contributed by atoms with E-state index in [0.717, 1.165) is 0 Å². The number of carbonyl (C=O) groups is 3. The standard InChI is InChI=1S/C11H14N2O4/c1-3-4-8(11(16)17)12-10(15)7-5-9(14)13(2)6-7/h1,7-8H,4-6H2,2H3,(H,12,15)(H,16,17). The van der Waals surface area contributed by atoms with E-state index >= 15 is 0 Å². The summed E-state index contributed by atoms with van der Waals surface area (Å²) in [7, 11) is 1.60. The third kappa shape index (κ3) is 3.21. The molecule has 2 amide bonds. The lowest BCUT2D eigenvalue weighted by Crippen LogP contribution is -2.43. The maximum atomic E-state index is 11.7. The van der Waals surface area contributed by atoms with Gasteiger partial charge in [0.2, 0.25) is 11.8 Å². The van der Waals surface area contributed by atoms with Gasteiger partial charge in [0.05, 0.1) is 5.92 Å². The summed E-state index contributed by atoms with van der Waals surface area (Å²) in [5.41, 5.74) is 0. The SMILES string of the molecule is C#CCC(NC(=O)C1CC(=O)N(C)C1)C(=O)O. The van der Waals surface area contributed by atoms with Gasteiger partial charge in [-0.15, -0.1) is 12.3 Å². The second kappa shape index (κ2) is 5.34. The van der Waals surface area contributed by atoms with Crippen LogP contribution in [0, 0.1) is 18.3 Å². The van der Waals surface area contributed by atoms with Gasteiger partial charge in [-0.05, 0) is 0 Å². The summed E-state index contributed by atoms with van der Waals surface area (Å²) in [4.78, 5) is 35.2. The summed E-state index contributed by atoms with van der Waals surface area (Å²) in [6, 6.07) is -1.09. The molecule has 0 aliphatic carbocycles. The van der Waals surface area contributed by atoms with Crippen molar-refractivity contribution in [2.24, 2.45) is 5.92 Å². The van der Waals surface area contributed by atoms with Gasteiger partial charge in [0.25, 0.3) is 0 Å². The Bertz CT molecular complexity index is 385. The first kappa shape index (κ1) is 13.0. The Morgan fingerprint density at radius 3 is 2.76 bits per heavy atom. The molecule has 1 saturated heterocycles. The van der Waals surface area contributed by atoms with Crippen LogP contribution in [0.15, 0.2) is 0 Å². The zero-order chi connectivity index (χ0) is 13.0. The number of nitrogens with zero attached hydrogens (tertiary/aromatic N) is 1. The van der Waals surface area contributed by atoms with Crippen molar-refractivity contribution >= 4 is 17.8 Å². The third-order valence-electron chi connectivity index (χ3n) is 2.65. The van der Waals surface area contributed by atoms with Crippen LogP contribution in [-0.2, 0) is 14.4 Å². The Kier molecular flexibility index (Phi) is 4.10. The fraction of sp³-hybridized carbons (Fsp3) is 0.545. The first-order valence-corrected chi connectivity index (χ1v) is 5.16. The number of likely N-dealkylation sites (tertiary alicyclic amines) is 1. The molecule has 0 bridgehead atoms. The van der Waals surface area contributed by atoms with Gasteiger partial charge in [0.15, 0.2) is 0 Å². The number of terminal acetylenes is 1. The average molecular weight is 238 g/mol. The number of nitrogens with one attached hydrogen (secondary N) is 1. The van der Waals surface area contributed by atoms with E-state index in [1.165, 1.54) is 4.90 Å². The van der Waals surface area contributed by atoms with Crippen LogP contribution in [0.4, 0.5) is 0 Å². The molecule has 92 valence electrons. The van der Waals surface area contributed by atoms with Crippen LogP contribution in [0.1, 0.15) is 12.8 Å². The summed E-state index contributed by atoms with van der Waals surface area (Å²) in [5.74, 6) is -0.0321. The number of amides is 2. The summed E-state index contributed by atoms with van der Waals surface area (Å²) < 4.78 is 0. The van der Waals surface area contributed by atoms with Gasteiger partial charge in [-0.2, -0.15) is 0 Å². The molecule has 0 saturated carbocycles. The number of carboxylic acid groups (broad SMARTS) is 1. The predicted octanol–water partition coefficient (Wildman–Crippen LogP) is -0.943. The van der Waals surface area contributed by atoms with Gasteiger partial charge in [-0.25, -0.2) is 4.79 Å². The Morgan fingerprint density at radius 1 is 1.71 bits per heavy atom. The molecule has 1 aliphatic rings. The quantitative estimate of drug-likeness (QED) is 0.619. The highest BCUT2D eigenvalue weighted by Gasteiger charge is 2.33. The minimum atomic E-state index is -1.17. The minimum Gasteiger partial charge on any atom is -0.480 e. The molecule has 1 rings (SSSR count). The second-order valence-corrected chi connectivity index (χ2v) is 3.98. The van der Waals surface area contributed by atoms with Crippen molar-refractivity contribution in [1.29, 1.82) is 0 Å². The molecular weight excluding hydrogens is 224 g/mol. The molecule has 0 radical (unpaired) electrons. The number of carboxylic acids is 1. The van der Waals surface area contributed by atoms with Crippen LogP contribution in [0.3, 0.4) is 0 Å². The maximum Gasteiger partial charge on any atom is 0.327 e. The zero-order valence-electron chi connectivity index (χ0n) is 9.47. The van der Waals surface area contributed by atoms with Gasteiger partial charge in [-0.1, -0.05) is 0 Å². The largest absolute Gasteiger partial charge is 0.480 e. The third-order valence-corrected chi connectivity index (χ3v) is 2.65. The first-order chi connectivity index (χ1) is 7.95. The fourth-order valence-electron chi connectivity index (χ4n) is 1.65. The molecule has 1 aliphatic heterocycles. The minimum absolute atomic E-state index is 0.0718. The molecule has 0 aromatic carbocycles. The highest BCUT2D eigenvalue weighted by molar-refractivity contribution is 5.91. The normalized spacial score (nSPS) is 20.8. The van der Waals surface area contributed by atoms with E-state index in [2.05, 4.69) is 11.2 Å². The van der Waals surface area contributed by atoms with Crippen molar-refractivity contribution in [3.63, 3.8) is 0 Å². The van der Waals surface area contributed by atoms with Crippen LogP contribution in [0.5, 0.6) is 0 Å². The average Bonchev–Trinajstić information content (AvgIpc) is 2.58. The van der Waals surface area contributed by atoms with Crippen LogP contribution in [0.2, 0.25) is 0 Å². The van der Waals surface area contributed by atoms with E-state index in [9.17, 15) is 14.4 Å². The lowest BCUT2D eigenvalue weighted by molar-refractivity contribution is -0.142. The highest BCUT2D eigenvalue weighted by atomic mass is 16.4. The number of hydrogen-bond acceptors (Lipinski definition) is 3. The summed E-state index contributed by atoms with van der Waals surface area (Å²) in [6.45, 7) is 0.313. The van der Waals surface area contributed by atoms with E-state index in [-0.39, 0.29) is 18.7 Å². The summed E-state index contributed by atoms with van der Waals surface area (Å²) in [5, 5.41) is 11.2. The first-order valence-electron chi connectivity index (χ1n) is 5.16. The number of hydrogen-bond donors (Lipinski definition) is 2. The van der Waals surface area contributed by atoms with Crippen molar-refractivity contribution in [2.45, 2.75) is 18.9 Å². The van der Waals surface area contributed by atoms with E-state index in [1.807, 2.05) is 0 Å². The molecule has 1 heterocycles. The van der Waals surface area contributed by atoms with Gasteiger partial charge in [-0.3, -0.25) is 9.59 Å². The lowest BCUT2D eigenvalue weighted by Gasteiger charge is -2.15. The van der Waals surface area contributed by atoms with Crippen LogP contribution < -0.4 is 5.32 Å². The molecule has 2 atom stereocenters. The van der Waals surface area contributed by atoms with Crippen LogP contribution in [-0.4, -0.2) is 47.4 Å². The Morgan fingerprint density at radius 2 is 2.35 bits per heavy atom. The van der Waals surface area contributed by atoms with Crippen molar-refractivity contribution in [1.82, 2.24) is 10.2 Å². The van der Waals surface area contributed by atoms with Gasteiger partial charge >= 0.3 is 5.97 Å². The number of rotatable bonds is 4. The van der Waals surface area contributed by atoms with Crippen LogP contribution in [0.25, 0.3) is 0 Å². The molecular formula is C11H14N2O4. The van der Waals surface area contributed by atoms with Crippen LogP contribution >= 0.6 is 0 Å². The van der Waals surface area contributed by atoms with Crippen molar-refractivity contribution in [3.05, 3.63) is 0 Å². The van der Waals surface area contributed by atoms with Crippen molar-refractivity contribution in [2.75, 3.05) is 13.6 Å². The summed E-state index contributed by atoms with van der Waals surface area (Å²) in [6.07, 6.45) is 5.06. The molecule has 1 fully saturated rings. The predicted molar refractivity (Wildman–Crippen MR) is 58.8 cm³/mol. The molecule has 2 unspecified atom stereocenters. The molecule has 0 aromatic rings. The Balaban J connectivity index is 2.57. The Labute approximate surface area is 99.0 Å². The van der Waals surface area contributed by atoms with Gasteiger partial charge < -0.3 is 15.3 Å². The molecule has 0 aromatic heterocycles. The van der Waals surface area contributed by atoms with Gasteiger partial charge in [0.1, 0.15) is 6.04 Å². The maximum absolute atomic E-state index is 11.7. The van der Waals surface area contributed by atoms with E-state index in [1.54, 1.807) is 7.05 Å². The second-order valence-electron chi connectivity index (χ2n) is 3.98. The fourth-order valence-corrected chi connectivity index (χ4v) is 1.65. The Hall–Kier alpha value is -2.03. The zero-order valence-corrected chi connectivity index (χ0v) is 9.47. The molecule has 2 N–H and O–H groups in total. The molecule has 0 spiro atoms.